The van der Waals surface area contributed by atoms with E-state index in [4.69, 9.17) is 11.6 Å². The average molecular weight is 310 g/mol. The van der Waals surface area contributed by atoms with E-state index in [-0.39, 0.29) is 23.4 Å². The van der Waals surface area contributed by atoms with Gasteiger partial charge in [-0.25, -0.2) is 0 Å². The summed E-state index contributed by atoms with van der Waals surface area (Å²) in [6.07, 6.45) is -0.238. The summed E-state index contributed by atoms with van der Waals surface area (Å²) >= 11 is 5.56. The Labute approximate surface area is 117 Å². The van der Waals surface area contributed by atoms with Crippen LogP contribution in [0.5, 0.6) is 5.75 Å². The highest BCUT2D eigenvalue weighted by molar-refractivity contribution is 6.17. The van der Waals surface area contributed by atoms with Crippen LogP contribution in [-0.2, 0) is 21.8 Å². The fourth-order valence-electron chi connectivity index (χ4n) is 1.56. The number of esters is 1. The standard InChI is InChI=1S/C11H10ClF2NO5/c1-19-9(16)4-6-2-7(5-12)10(15(17)18)8(3-6)20-11(13)14/h2-3,11H,4-5H2,1H3. The number of ether oxygens (including phenoxy) is 2. The van der Waals surface area contributed by atoms with Crippen molar-refractivity contribution in [3.63, 3.8) is 0 Å². The molecule has 0 unspecified atom stereocenters. The van der Waals surface area contributed by atoms with Crippen molar-refractivity contribution in [2.75, 3.05) is 7.11 Å². The Morgan fingerprint density at radius 1 is 1.50 bits per heavy atom. The largest absolute Gasteiger partial charge is 0.469 e. The van der Waals surface area contributed by atoms with Crippen LogP contribution in [0.15, 0.2) is 12.1 Å². The topological polar surface area (TPSA) is 78.7 Å². The Morgan fingerprint density at radius 2 is 2.15 bits per heavy atom. The third-order valence-corrected chi connectivity index (χ3v) is 2.62. The van der Waals surface area contributed by atoms with Gasteiger partial charge in [-0.3, -0.25) is 14.9 Å². The molecule has 0 bridgehead atoms. The number of nitro groups is 1. The summed E-state index contributed by atoms with van der Waals surface area (Å²) in [4.78, 5) is 21.2. The molecule has 0 aliphatic carbocycles. The van der Waals surface area contributed by atoms with E-state index in [1.807, 2.05) is 0 Å². The zero-order chi connectivity index (χ0) is 15.3. The highest BCUT2D eigenvalue weighted by Crippen LogP contribution is 2.34. The monoisotopic (exact) mass is 309 g/mol. The molecule has 9 heteroatoms. The number of hydrogen-bond acceptors (Lipinski definition) is 5. The molecule has 0 heterocycles. The maximum atomic E-state index is 12.3. The molecule has 0 N–H and O–H groups in total. The molecule has 6 nitrogen and oxygen atoms in total. The van der Waals surface area contributed by atoms with Crippen LogP contribution in [0.2, 0.25) is 0 Å². The van der Waals surface area contributed by atoms with Crippen molar-refractivity contribution in [2.24, 2.45) is 0 Å². The lowest BCUT2D eigenvalue weighted by Crippen LogP contribution is -2.09. The number of benzene rings is 1. The summed E-state index contributed by atoms with van der Waals surface area (Å²) < 4.78 is 33.1. The summed E-state index contributed by atoms with van der Waals surface area (Å²) in [6, 6.07) is 2.28. The van der Waals surface area contributed by atoms with Crippen molar-refractivity contribution in [1.82, 2.24) is 0 Å². The first-order valence-electron chi connectivity index (χ1n) is 5.26. The van der Waals surface area contributed by atoms with Gasteiger partial charge >= 0.3 is 18.3 Å². The van der Waals surface area contributed by atoms with Crippen molar-refractivity contribution >= 4 is 23.3 Å². The first-order chi connectivity index (χ1) is 9.38. The predicted octanol–water partition coefficient (Wildman–Crippen LogP) is 2.65. The Morgan fingerprint density at radius 3 is 2.60 bits per heavy atom. The Balaban J connectivity index is 3.31. The molecule has 1 aromatic carbocycles. The zero-order valence-corrected chi connectivity index (χ0v) is 11.0. The number of alkyl halides is 3. The number of halogens is 3. The first kappa shape index (κ1) is 16.1. The van der Waals surface area contributed by atoms with E-state index >= 15 is 0 Å². The Hall–Kier alpha value is -1.96. The molecule has 1 rings (SSSR count). The van der Waals surface area contributed by atoms with E-state index in [0.717, 1.165) is 13.2 Å². The molecule has 1 aromatic rings. The number of methoxy groups -OCH3 is 1. The van der Waals surface area contributed by atoms with Crippen LogP contribution in [0.1, 0.15) is 11.1 Å². The SMILES string of the molecule is COC(=O)Cc1cc(CCl)c([N+](=O)[O-])c(OC(F)F)c1. The molecule has 0 aromatic heterocycles. The van der Waals surface area contributed by atoms with Crippen molar-refractivity contribution in [3.05, 3.63) is 33.4 Å². The highest BCUT2D eigenvalue weighted by atomic mass is 35.5. The average Bonchev–Trinajstić information content (AvgIpc) is 2.36. The molecule has 0 atom stereocenters. The lowest BCUT2D eigenvalue weighted by Gasteiger charge is -2.10. The van der Waals surface area contributed by atoms with E-state index in [0.29, 0.717) is 0 Å². The second-order valence-electron chi connectivity index (χ2n) is 3.62. The fourth-order valence-corrected chi connectivity index (χ4v) is 1.77. The minimum atomic E-state index is -3.23. The number of hydrogen-bond donors (Lipinski definition) is 0. The lowest BCUT2D eigenvalue weighted by atomic mass is 10.1. The summed E-state index contributed by atoms with van der Waals surface area (Å²) in [5.74, 6) is -1.55. The van der Waals surface area contributed by atoms with Gasteiger partial charge < -0.3 is 9.47 Å². The van der Waals surface area contributed by atoms with Crippen LogP contribution < -0.4 is 4.74 Å². The van der Waals surface area contributed by atoms with Crippen LogP contribution in [0, 0.1) is 10.1 Å². The molecular formula is C11H10ClF2NO5. The summed E-state index contributed by atoms with van der Waals surface area (Å²) in [6.45, 7) is -3.23. The minimum Gasteiger partial charge on any atom is -0.469 e. The normalized spacial score (nSPS) is 10.4. The van der Waals surface area contributed by atoms with Crippen molar-refractivity contribution in [3.8, 4) is 5.75 Å². The van der Waals surface area contributed by atoms with Gasteiger partial charge in [-0.1, -0.05) is 0 Å². The van der Waals surface area contributed by atoms with E-state index < -0.39 is 28.9 Å². The van der Waals surface area contributed by atoms with Crippen LogP contribution in [0.4, 0.5) is 14.5 Å². The molecule has 110 valence electrons. The van der Waals surface area contributed by atoms with Crippen molar-refractivity contribution in [2.45, 2.75) is 18.9 Å². The van der Waals surface area contributed by atoms with Gasteiger partial charge in [0, 0.05) is 5.56 Å². The number of nitrogens with zero attached hydrogens (tertiary/aromatic N) is 1. The second kappa shape index (κ2) is 6.99. The van der Waals surface area contributed by atoms with Crippen LogP contribution in [-0.4, -0.2) is 24.6 Å². The third-order valence-electron chi connectivity index (χ3n) is 2.33. The molecule has 0 radical (unpaired) electrons. The highest BCUT2D eigenvalue weighted by Gasteiger charge is 2.25. The number of carbonyl (C=O) groups is 1. The summed E-state index contributed by atoms with van der Waals surface area (Å²) in [5, 5.41) is 10.9. The van der Waals surface area contributed by atoms with Crippen molar-refractivity contribution in [1.29, 1.82) is 0 Å². The molecule has 0 saturated carbocycles. The van der Waals surface area contributed by atoms with Crippen LogP contribution >= 0.6 is 11.6 Å². The molecule has 0 amide bonds. The van der Waals surface area contributed by atoms with Crippen LogP contribution in [0.3, 0.4) is 0 Å². The van der Waals surface area contributed by atoms with E-state index in [9.17, 15) is 23.7 Å². The van der Waals surface area contributed by atoms with E-state index in [1.54, 1.807) is 0 Å². The molecular weight excluding hydrogens is 300 g/mol. The number of carbonyl (C=O) groups excluding carboxylic acids is 1. The molecule has 20 heavy (non-hydrogen) atoms. The molecule has 0 aliphatic heterocycles. The second-order valence-corrected chi connectivity index (χ2v) is 3.89. The van der Waals surface area contributed by atoms with Gasteiger partial charge in [-0.15, -0.1) is 11.6 Å². The van der Waals surface area contributed by atoms with Gasteiger partial charge in [-0.05, 0) is 17.7 Å². The van der Waals surface area contributed by atoms with Gasteiger partial charge in [0.1, 0.15) is 0 Å². The molecule has 0 spiro atoms. The van der Waals surface area contributed by atoms with Gasteiger partial charge in [0.15, 0.2) is 0 Å². The molecule has 0 saturated heterocycles. The van der Waals surface area contributed by atoms with Gasteiger partial charge in [0.2, 0.25) is 5.75 Å². The summed E-state index contributed by atoms with van der Waals surface area (Å²) in [5.41, 5.74) is -0.434. The Kier molecular flexibility index (Phi) is 5.63. The fraction of sp³-hybridized carbons (Fsp3) is 0.364. The quantitative estimate of drug-likeness (QED) is 0.349. The number of nitro benzene ring substituents is 1. The maximum Gasteiger partial charge on any atom is 0.387 e. The third kappa shape index (κ3) is 4.02. The predicted molar refractivity (Wildman–Crippen MR) is 65.0 cm³/mol. The Bertz CT molecular complexity index is 524. The zero-order valence-electron chi connectivity index (χ0n) is 10.3. The maximum absolute atomic E-state index is 12.3. The van der Waals surface area contributed by atoms with Crippen LogP contribution in [0.25, 0.3) is 0 Å². The van der Waals surface area contributed by atoms with E-state index in [2.05, 4.69) is 9.47 Å². The molecule has 0 fully saturated rings. The van der Waals surface area contributed by atoms with Gasteiger partial charge in [-0.2, -0.15) is 8.78 Å². The van der Waals surface area contributed by atoms with Crippen molar-refractivity contribution < 1.29 is 28.0 Å². The smallest absolute Gasteiger partial charge is 0.387 e. The van der Waals surface area contributed by atoms with E-state index in [1.165, 1.54) is 6.07 Å². The lowest BCUT2D eigenvalue weighted by molar-refractivity contribution is -0.387. The van der Waals surface area contributed by atoms with Gasteiger partial charge in [0.05, 0.1) is 24.3 Å². The minimum absolute atomic E-state index is 0.0197. The number of rotatable bonds is 6. The first-order valence-corrected chi connectivity index (χ1v) is 5.80. The molecule has 0 aliphatic rings. The van der Waals surface area contributed by atoms with Gasteiger partial charge in [0.25, 0.3) is 0 Å². The summed E-state index contributed by atoms with van der Waals surface area (Å²) in [7, 11) is 1.16.